The molecule has 0 unspecified atom stereocenters. The smallest absolute Gasteiger partial charge is 0.213 e. The first kappa shape index (κ1) is 14.3. The standard InChI is InChI=1S/C14H21N5O/c1-5-15-11-6-12(19-14(18-11)9(2)3)16-8-13-17-7-10(4)20-13/h6-7,9H,5,8H2,1-4H3,(H2,15,16,18,19). The van der Waals surface area contributed by atoms with Crippen LogP contribution in [-0.4, -0.2) is 21.5 Å². The molecule has 0 aliphatic carbocycles. The minimum absolute atomic E-state index is 0.276. The van der Waals surface area contributed by atoms with E-state index in [0.717, 1.165) is 29.8 Å². The lowest BCUT2D eigenvalue weighted by atomic mass is 10.2. The highest BCUT2D eigenvalue weighted by Crippen LogP contribution is 2.17. The van der Waals surface area contributed by atoms with Crippen LogP contribution in [-0.2, 0) is 6.54 Å². The number of rotatable bonds is 6. The molecule has 0 bridgehead atoms. The number of aromatic nitrogens is 3. The molecule has 6 heteroatoms. The summed E-state index contributed by atoms with van der Waals surface area (Å²) in [7, 11) is 0. The lowest BCUT2D eigenvalue weighted by Crippen LogP contribution is -2.09. The van der Waals surface area contributed by atoms with Gasteiger partial charge in [0, 0.05) is 18.5 Å². The number of hydrogen-bond donors (Lipinski definition) is 2. The minimum Gasteiger partial charge on any atom is -0.444 e. The van der Waals surface area contributed by atoms with Gasteiger partial charge >= 0.3 is 0 Å². The van der Waals surface area contributed by atoms with Crippen LogP contribution in [0.15, 0.2) is 16.7 Å². The molecule has 0 spiro atoms. The van der Waals surface area contributed by atoms with Crippen molar-refractivity contribution in [1.82, 2.24) is 15.0 Å². The van der Waals surface area contributed by atoms with Crippen molar-refractivity contribution in [3.8, 4) is 0 Å². The molecule has 0 saturated carbocycles. The third-order valence-electron chi connectivity index (χ3n) is 2.71. The molecule has 6 nitrogen and oxygen atoms in total. The van der Waals surface area contributed by atoms with E-state index in [2.05, 4.69) is 39.4 Å². The van der Waals surface area contributed by atoms with Crippen molar-refractivity contribution in [3.63, 3.8) is 0 Å². The van der Waals surface area contributed by atoms with Gasteiger partial charge in [-0.25, -0.2) is 15.0 Å². The van der Waals surface area contributed by atoms with Crippen LogP contribution in [0.2, 0.25) is 0 Å². The van der Waals surface area contributed by atoms with E-state index in [0.29, 0.717) is 12.4 Å². The Labute approximate surface area is 119 Å². The van der Waals surface area contributed by atoms with Crippen molar-refractivity contribution in [2.45, 2.75) is 40.2 Å². The van der Waals surface area contributed by atoms with E-state index < -0.39 is 0 Å². The summed E-state index contributed by atoms with van der Waals surface area (Å²) >= 11 is 0. The average Bonchev–Trinajstić information content (AvgIpc) is 2.82. The molecule has 2 aromatic heterocycles. The van der Waals surface area contributed by atoms with Crippen molar-refractivity contribution in [2.24, 2.45) is 0 Å². The number of aryl methyl sites for hydroxylation is 1. The molecule has 2 heterocycles. The Kier molecular flexibility index (Phi) is 4.55. The molecule has 20 heavy (non-hydrogen) atoms. The van der Waals surface area contributed by atoms with E-state index in [-0.39, 0.29) is 5.92 Å². The molecule has 2 rings (SSSR count). The first-order valence-corrected chi connectivity index (χ1v) is 6.86. The highest BCUT2D eigenvalue weighted by Gasteiger charge is 2.08. The van der Waals surface area contributed by atoms with Crippen LogP contribution < -0.4 is 10.6 Å². The van der Waals surface area contributed by atoms with Crippen molar-refractivity contribution in [2.75, 3.05) is 17.2 Å². The third kappa shape index (κ3) is 3.69. The summed E-state index contributed by atoms with van der Waals surface area (Å²) < 4.78 is 5.43. The molecule has 0 aromatic carbocycles. The van der Waals surface area contributed by atoms with Gasteiger partial charge in [-0.05, 0) is 13.8 Å². The molecule has 0 radical (unpaired) electrons. The van der Waals surface area contributed by atoms with Gasteiger partial charge in [0.15, 0.2) is 0 Å². The van der Waals surface area contributed by atoms with E-state index in [1.54, 1.807) is 6.20 Å². The summed E-state index contributed by atoms with van der Waals surface area (Å²) in [5.74, 6) is 4.15. The van der Waals surface area contributed by atoms with Crippen molar-refractivity contribution >= 4 is 11.6 Å². The van der Waals surface area contributed by atoms with Gasteiger partial charge in [-0.1, -0.05) is 13.8 Å². The summed E-state index contributed by atoms with van der Waals surface area (Å²) in [5, 5.41) is 6.44. The quantitative estimate of drug-likeness (QED) is 0.844. The molecule has 0 aliphatic heterocycles. The zero-order valence-corrected chi connectivity index (χ0v) is 12.4. The van der Waals surface area contributed by atoms with Gasteiger partial charge in [-0.3, -0.25) is 0 Å². The number of anilines is 2. The van der Waals surface area contributed by atoms with Gasteiger partial charge in [0.25, 0.3) is 0 Å². The van der Waals surface area contributed by atoms with Crippen molar-refractivity contribution < 1.29 is 4.42 Å². The second-order valence-electron chi connectivity index (χ2n) is 4.90. The Balaban J connectivity index is 2.13. The summed E-state index contributed by atoms with van der Waals surface area (Å²) in [5.41, 5.74) is 0. The van der Waals surface area contributed by atoms with Crippen molar-refractivity contribution in [1.29, 1.82) is 0 Å². The molecule has 0 fully saturated rings. The lowest BCUT2D eigenvalue weighted by Gasteiger charge is -2.11. The zero-order chi connectivity index (χ0) is 14.5. The maximum absolute atomic E-state index is 5.43. The highest BCUT2D eigenvalue weighted by molar-refractivity contribution is 5.47. The second-order valence-corrected chi connectivity index (χ2v) is 4.90. The molecular formula is C14H21N5O. The molecule has 2 N–H and O–H groups in total. The molecule has 0 amide bonds. The predicted molar refractivity (Wildman–Crippen MR) is 78.9 cm³/mol. The van der Waals surface area contributed by atoms with Crippen molar-refractivity contribution in [3.05, 3.63) is 29.7 Å². The molecule has 108 valence electrons. The predicted octanol–water partition coefficient (Wildman–Crippen LogP) is 2.94. The van der Waals surface area contributed by atoms with E-state index in [9.17, 15) is 0 Å². The van der Waals surface area contributed by atoms with Gasteiger partial charge in [0.2, 0.25) is 5.89 Å². The Morgan fingerprint density at radius 3 is 2.45 bits per heavy atom. The molecule has 2 aromatic rings. The Bertz CT molecular complexity index is 564. The van der Waals surface area contributed by atoms with E-state index in [1.165, 1.54) is 0 Å². The number of oxazole rings is 1. The van der Waals surface area contributed by atoms with Crippen LogP contribution in [0.3, 0.4) is 0 Å². The Morgan fingerprint density at radius 1 is 1.20 bits per heavy atom. The normalized spacial score (nSPS) is 10.8. The van der Waals surface area contributed by atoms with Gasteiger partial charge in [-0.2, -0.15) is 0 Å². The fourth-order valence-electron chi connectivity index (χ4n) is 1.74. The lowest BCUT2D eigenvalue weighted by molar-refractivity contribution is 0.478. The maximum atomic E-state index is 5.43. The monoisotopic (exact) mass is 275 g/mol. The second kappa shape index (κ2) is 6.36. The van der Waals surface area contributed by atoms with Crippen LogP contribution in [0.5, 0.6) is 0 Å². The zero-order valence-electron chi connectivity index (χ0n) is 12.4. The average molecular weight is 275 g/mol. The van der Waals surface area contributed by atoms with E-state index in [1.807, 2.05) is 19.9 Å². The summed E-state index contributed by atoms with van der Waals surface area (Å²) in [4.78, 5) is 13.1. The van der Waals surface area contributed by atoms with Crippen LogP contribution in [0, 0.1) is 6.92 Å². The number of nitrogens with one attached hydrogen (secondary N) is 2. The first-order valence-electron chi connectivity index (χ1n) is 6.86. The molecule has 0 aliphatic rings. The summed E-state index contributed by atoms with van der Waals surface area (Å²) in [6, 6.07) is 1.89. The largest absolute Gasteiger partial charge is 0.444 e. The highest BCUT2D eigenvalue weighted by atomic mass is 16.4. The van der Waals surface area contributed by atoms with Gasteiger partial charge < -0.3 is 15.1 Å². The van der Waals surface area contributed by atoms with E-state index >= 15 is 0 Å². The van der Waals surface area contributed by atoms with Gasteiger partial charge in [0.1, 0.15) is 23.2 Å². The molecule has 0 saturated heterocycles. The summed E-state index contributed by atoms with van der Waals surface area (Å²) in [6.45, 7) is 9.40. The Hall–Kier alpha value is -2.11. The Morgan fingerprint density at radius 2 is 1.90 bits per heavy atom. The van der Waals surface area contributed by atoms with Crippen LogP contribution in [0.25, 0.3) is 0 Å². The van der Waals surface area contributed by atoms with Crippen LogP contribution in [0.4, 0.5) is 11.6 Å². The SMILES string of the molecule is CCNc1cc(NCc2ncc(C)o2)nc(C(C)C)n1. The number of hydrogen-bond acceptors (Lipinski definition) is 6. The molecular weight excluding hydrogens is 254 g/mol. The molecule has 0 atom stereocenters. The van der Waals surface area contributed by atoms with Crippen LogP contribution >= 0.6 is 0 Å². The fraction of sp³-hybridized carbons (Fsp3) is 0.500. The first-order chi connectivity index (χ1) is 9.58. The minimum atomic E-state index is 0.276. The van der Waals surface area contributed by atoms with Gasteiger partial charge in [0.05, 0.1) is 12.7 Å². The van der Waals surface area contributed by atoms with Gasteiger partial charge in [-0.15, -0.1) is 0 Å². The van der Waals surface area contributed by atoms with Crippen LogP contribution in [0.1, 0.15) is 44.2 Å². The van der Waals surface area contributed by atoms with E-state index in [4.69, 9.17) is 4.42 Å². The maximum Gasteiger partial charge on any atom is 0.213 e. The summed E-state index contributed by atoms with van der Waals surface area (Å²) in [6.07, 6.45) is 1.71. The topological polar surface area (TPSA) is 75.9 Å². The number of nitrogens with zero attached hydrogens (tertiary/aromatic N) is 3. The fourth-order valence-corrected chi connectivity index (χ4v) is 1.74. The third-order valence-corrected chi connectivity index (χ3v) is 2.71.